The first kappa shape index (κ1) is 14.3. The van der Waals surface area contributed by atoms with Crippen molar-refractivity contribution in [2.45, 2.75) is 25.3 Å². The van der Waals surface area contributed by atoms with Gasteiger partial charge in [0.1, 0.15) is 11.6 Å². The van der Waals surface area contributed by atoms with Crippen molar-refractivity contribution in [3.8, 4) is 0 Å². The molecule has 0 aliphatic heterocycles. The lowest BCUT2D eigenvalue weighted by molar-refractivity contribution is 0.620. The Bertz CT molecular complexity index is 404. The van der Waals surface area contributed by atoms with Crippen molar-refractivity contribution < 1.29 is 0 Å². The van der Waals surface area contributed by atoms with E-state index in [9.17, 15) is 0 Å². The summed E-state index contributed by atoms with van der Waals surface area (Å²) in [7, 11) is 0. The third kappa shape index (κ3) is 4.23. The van der Waals surface area contributed by atoms with E-state index in [4.69, 9.17) is 22.9 Å². The number of hydrogen-bond acceptors (Lipinski definition) is 6. The summed E-state index contributed by atoms with van der Waals surface area (Å²) in [5.74, 6) is 0.894. The van der Waals surface area contributed by atoms with Crippen LogP contribution in [-0.2, 0) is 0 Å². The maximum absolute atomic E-state index is 5.99. The summed E-state index contributed by atoms with van der Waals surface area (Å²) in [5.41, 5.74) is 23.8. The van der Waals surface area contributed by atoms with Gasteiger partial charge in [-0.3, -0.25) is 0 Å². The molecule has 1 heterocycles. The molecule has 100 valence electrons. The summed E-state index contributed by atoms with van der Waals surface area (Å²) >= 11 is 0. The van der Waals surface area contributed by atoms with Crippen LogP contribution in [0.2, 0.25) is 0 Å². The highest BCUT2D eigenvalue weighted by molar-refractivity contribution is 5.62. The van der Waals surface area contributed by atoms with Crippen molar-refractivity contribution in [2.75, 3.05) is 23.3 Å². The molecule has 1 aromatic rings. The van der Waals surface area contributed by atoms with E-state index < -0.39 is 0 Å². The summed E-state index contributed by atoms with van der Waals surface area (Å²) < 4.78 is 0. The number of anilines is 3. The Hall–Kier alpha value is -1.79. The molecule has 0 aromatic carbocycles. The van der Waals surface area contributed by atoms with Gasteiger partial charge < -0.3 is 28.3 Å². The van der Waals surface area contributed by atoms with Gasteiger partial charge >= 0.3 is 0 Å². The van der Waals surface area contributed by atoms with E-state index in [-0.39, 0.29) is 6.04 Å². The number of unbranched alkanes of at least 4 members (excludes halogenated alkanes) is 1. The number of nitrogens with one attached hydrogen (secondary N) is 1. The molecule has 0 fully saturated rings. The van der Waals surface area contributed by atoms with Crippen LogP contribution in [0.3, 0.4) is 0 Å². The summed E-state index contributed by atoms with van der Waals surface area (Å²) in [6.45, 7) is 4.58. The van der Waals surface area contributed by atoms with Gasteiger partial charge in [0.25, 0.3) is 0 Å². The molecule has 0 aliphatic carbocycles. The molecular formula is C12H22N6. The largest absolute Gasteiger partial charge is 0.396 e. The number of aromatic nitrogens is 1. The van der Waals surface area contributed by atoms with E-state index in [1.54, 1.807) is 12.1 Å². The third-order valence-electron chi connectivity index (χ3n) is 2.66. The minimum absolute atomic E-state index is 0.128. The predicted molar refractivity (Wildman–Crippen MR) is 76.7 cm³/mol. The topological polar surface area (TPSA) is 129 Å². The highest BCUT2D eigenvalue weighted by atomic mass is 15.0. The first-order chi connectivity index (χ1) is 8.54. The fraction of sp³-hybridized carbons (Fsp3) is 0.417. The van der Waals surface area contributed by atoms with E-state index in [0.29, 0.717) is 29.6 Å². The lowest BCUT2D eigenvalue weighted by Crippen LogP contribution is -2.26. The molecule has 1 aromatic heterocycles. The second-order valence-electron chi connectivity index (χ2n) is 4.21. The predicted octanol–water partition coefficient (Wildman–Crippen LogP) is 0.628. The second-order valence-corrected chi connectivity index (χ2v) is 4.21. The number of rotatable bonds is 7. The SMILES string of the molecule is C=C(Nc1ccc(N)c(N)n1)C(N)CCCCN. The smallest absolute Gasteiger partial charge is 0.149 e. The van der Waals surface area contributed by atoms with Crippen molar-refractivity contribution >= 4 is 17.3 Å². The summed E-state index contributed by atoms with van der Waals surface area (Å²) in [5, 5.41) is 3.04. The third-order valence-corrected chi connectivity index (χ3v) is 2.66. The Labute approximate surface area is 107 Å². The van der Waals surface area contributed by atoms with Gasteiger partial charge in [-0.05, 0) is 31.5 Å². The van der Waals surface area contributed by atoms with Crippen LogP contribution in [0, 0.1) is 0 Å². The van der Waals surface area contributed by atoms with Crippen LogP contribution in [0.25, 0.3) is 0 Å². The van der Waals surface area contributed by atoms with Gasteiger partial charge in [0.2, 0.25) is 0 Å². The van der Waals surface area contributed by atoms with Gasteiger partial charge in [-0.2, -0.15) is 0 Å². The standard InChI is InChI=1S/C12H22N6/c1-8(9(14)4-2-3-7-13)17-11-6-5-10(15)12(16)18-11/h5-6,9H,1-4,7,13-15H2,(H3,16,17,18). The molecule has 0 saturated heterocycles. The first-order valence-corrected chi connectivity index (χ1v) is 5.98. The summed E-state index contributed by atoms with van der Waals surface area (Å²) in [6, 6.07) is 3.30. The molecule has 1 rings (SSSR count). The lowest BCUT2D eigenvalue weighted by atomic mass is 10.1. The van der Waals surface area contributed by atoms with Crippen LogP contribution in [0.4, 0.5) is 17.3 Å². The Morgan fingerprint density at radius 3 is 2.67 bits per heavy atom. The highest BCUT2D eigenvalue weighted by Gasteiger charge is 2.08. The number of pyridine rings is 1. The monoisotopic (exact) mass is 250 g/mol. The van der Waals surface area contributed by atoms with Crippen LogP contribution in [0.5, 0.6) is 0 Å². The van der Waals surface area contributed by atoms with E-state index in [0.717, 1.165) is 19.3 Å². The Morgan fingerprint density at radius 2 is 2.06 bits per heavy atom. The molecular weight excluding hydrogens is 228 g/mol. The molecule has 0 aliphatic rings. The van der Waals surface area contributed by atoms with E-state index in [2.05, 4.69) is 16.9 Å². The highest BCUT2D eigenvalue weighted by Crippen LogP contribution is 2.17. The number of nitrogens with two attached hydrogens (primary N) is 4. The van der Waals surface area contributed by atoms with Crippen molar-refractivity contribution in [1.29, 1.82) is 0 Å². The molecule has 6 nitrogen and oxygen atoms in total. The van der Waals surface area contributed by atoms with Crippen molar-refractivity contribution in [3.05, 3.63) is 24.4 Å². The Kier molecular flexibility index (Phi) is 5.41. The van der Waals surface area contributed by atoms with Gasteiger partial charge in [0.15, 0.2) is 0 Å². The Balaban J connectivity index is 2.50. The summed E-state index contributed by atoms with van der Waals surface area (Å²) in [4.78, 5) is 4.10. The van der Waals surface area contributed by atoms with E-state index >= 15 is 0 Å². The first-order valence-electron chi connectivity index (χ1n) is 5.98. The van der Waals surface area contributed by atoms with Crippen molar-refractivity contribution in [3.63, 3.8) is 0 Å². The van der Waals surface area contributed by atoms with Gasteiger partial charge in [0.05, 0.1) is 5.69 Å². The normalized spacial score (nSPS) is 12.1. The lowest BCUT2D eigenvalue weighted by Gasteiger charge is -2.16. The maximum atomic E-state index is 5.99. The minimum atomic E-state index is -0.128. The van der Waals surface area contributed by atoms with Gasteiger partial charge in [-0.25, -0.2) is 4.98 Å². The van der Waals surface area contributed by atoms with E-state index in [1.807, 2.05) is 0 Å². The van der Waals surface area contributed by atoms with Gasteiger partial charge in [-0.1, -0.05) is 13.0 Å². The van der Waals surface area contributed by atoms with Crippen LogP contribution in [-0.4, -0.2) is 17.6 Å². The number of nitrogens with zero attached hydrogens (tertiary/aromatic N) is 1. The molecule has 18 heavy (non-hydrogen) atoms. The van der Waals surface area contributed by atoms with Crippen molar-refractivity contribution in [2.24, 2.45) is 11.5 Å². The van der Waals surface area contributed by atoms with Crippen LogP contribution in [0.1, 0.15) is 19.3 Å². The molecule has 0 saturated carbocycles. The molecule has 0 spiro atoms. The van der Waals surface area contributed by atoms with Crippen LogP contribution < -0.4 is 28.3 Å². The molecule has 9 N–H and O–H groups in total. The summed E-state index contributed by atoms with van der Waals surface area (Å²) in [6.07, 6.45) is 2.79. The molecule has 6 heteroatoms. The van der Waals surface area contributed by atoms with Gasteiger partial charge in [-0.15, -0.1) is 0 Å². The second kappa shape index (κ2) is 6.83. The van der Waals surface area contributed by atoms with Crippen molar-refractivity contribution in [1.82, 2.24) is 4.98 Å². The zero-order chi connectivity index (χ0) is 13.5. The van der Waals surface area contributed by atoms with Crippen LogP contribution in [0.15, 0.2) is 24.4 Å². The van der Waals surface area contributed by atoms with Crippen LogP contribution >= 0.6 is 0 Å². The zero-order valence-corrected chi connectivity index (χ0v) is 10.5. The molecule has 1 unspecified atom stereocenters. The zero-order valence-electron chi connectivity index (χ0n) is 10.5. The van der Waals surface area contributed by atoms with Gasteiger partial charge in [0, 0.05) is 11.7 Å². The quantitative estimate of drug-likeness (QED) is 0.451. The molecule has 1 atom stereocenters. The molecule has 0 amide bonds. The molecule has 0 bridgehead atoms. The Morgan fingerprint density at radius 1 is 1.33 bits per heavy atom. The maximum Gasteiger partial charge on any atom is 0.149 e. The average molecular weight is 250 g/mol. The number of nitrogen functional groups attached to an aromatic ring is 2. The average Bonchev–Trinajstić information content (AvgIpc) is 2.34. The fourth-order valence-electron chi connectivity index (χ4n) is 1.50. The fourth-order valence-corrected chi connectivity index (χ4v) is 1.50. The minimum Gasteiger partial charge on any atom is -0.396 e. The molecule has 0 radical (unpaired) electrons. The van der Waals surface area contributed by atoms with E-state index in [1.165, 1.54) is 0 Å². The number of hydrogen-bond donors (Lipinski definition) is 5.